The highest BCUT2D eigenvalue weighted by molar-refractivity contribution is 7.12. The van der Waals surface area contributed by atoms with Crippen LogP contribution in [-0.2, 0) is 13.0 Å². The molecular formula is C14H16N2O3S. The summed E-state index contributed by atoms with van der Waals surface area (Å²) in [6, 6.07) is 8.85. The van der Waals surface area contributed by atoms with E-state index in [1.165, 1.54) is 29.0 Å². The van der Waals surface area contributed by atoms with Crippen LogP contribution in [0, 0.1) is 10.1 Å². The number of nitro groups is 1. The molecule has 5 nitrogen and oxygen atoms in total. The van der Waals surface area contributed by atoms with E-state index >= 15 is 0 Å². The van der Waals surface area contributed by atoms with Gasteiger partial charge in [0.2, 0.25) is 0 Å². The summed E-state index contributed by atoms with van der Waals surface area (Å²) < 4.78 is 5.08. The highest BCUT2D eigenvalue weighted by Crippen LogP contribution is 2.26. The molecule has 6 heteroatoms. The van der Waals surface area contributed by atoms with Crippen LogP contribution in [0.4, 0.5) is 11.4 Å². The molecule has 0 aliphatic rings. The number of aryl methyl sites for hydroxylation is 1. The number of thiophene rings is 1. The van der Waals surface area contributed by atoms with E-state index in [2.05, 4.69) is 24.4 Å². The van der Waals surface area contributed by atoms with Crippen molar-refractivity contribution in [2.45, 2.75) is 19.9 Å². The van der Waals surface area contributed by atoms with E-state index in [0.29, 0.717) is 18.0 Å². The van der Waals surface area contributed by atoms with Crippen LogP contribution in [0.5, 0.6) is 5.75 Å². The molecule has 0 saturated heterocycles. The van der Waals surface area contributed by atoms with Crippen LogP contribution in [0.25, 0.3) is 0 Å². The number of anilines is 1. The van der Waals surface area contributed by atoms with Crippen molar-refractivity contribution in [3.8, 4) is 5.75 Å². The lowest BCUT2D eigenvalue weighted by Gasteiger charge is -2.07. The lowest BCUT2D eigenvalue weighted by Crippen LogP contribution is -1.99. The molecule has 0 spiro atoms. The van der Waals surface area contributed by atoms with Crippen LogP contribution in [-0.4, -0.2) is 12.0 Å². The van der Waals surface area contributed by atoms with Gasteiger partial charge in [-0.25, -0.2) is 0 Å². The van der Waals surface area contributed by atoms with Crippen molar-refractivity contribution < 1.29 is 9.66 Å². The first-order valence-corrected chi connectivity index (χ1v) is 7.09. The molecular weight excluding hydrogens is 276 g/mol. The van der Waals surface area contributed by atoms with E-state index in [4.69, 9.17) is 4.74 Å². The number of benzene rings is 1. The number of nitrogens with one attached hydrogen (secondary N) is 1. The maximum atomic E-state index is 10.9. The predicted octanol–water partition coefficient (Wildman–Crippen LogP) is 3.84. The van der Waals surface area contributed by atoms with Crippen LogP contribution in [0.15, 0.2) is 30.3 Å². The van der Waals surface area contributed by atoms with Gasteiger partial charge in [-0.2, -0.15) is 0 Å². The Morgan fingerprint density at radius 1 is 1.30 bits per heavy atom. The number of hydrogen-bond acceptors (Lipinski definition) is 5. The molecule has 1 aromatic carbocycles. The first-order chi connectivity index (χ1) is 9.62. The van der Waals surface area contributed by atoms with Crippen molar-refractivity contribution >= 4 is 22.7 Å². The number of nitrogens with zero attached hydrogens (tertiary/aromatic N) is 1. The molecule has 0 amide bonds. The molecule has 2 rings (SSSR count). The first kappa shape index (κ1) is 14.3. The lowest BCUT2D eigenvalue weighted by atomic mass is 10.2. The molecule has 0 atom stereocenters. The van der Waals surface area contributed by atoms with Gasteiger partial charge in [0.25, 0.3) is 5.69 Å². The molecule has 0 fully saturated rings. The molecule has 0 radical (unpaired) electrons. The average Bonchev–Trinajstić information content (AvgIpc) is 2.92. The van der Waals surface area contributed by atoms with Gasteiger partial charge in [-0.1, -0.05) is 6.92 Å². The maximum absolute atomic E-state index is 10.9. The van der Waals surface area contributed by atoms with Crippen LogP contribution in [0.2, 0.25) is 0 Å². The quantitative estimate of drug-likeness (QED) is 0.649. The fraction of sp³-hybridized carbons (Fsp3) is 0.286. The Morgan fingerprint density at radius 3 is 2.65 bits per heavy atom. The largest absolute Gasteiger partial charge is 0.496 e. The highest BCUT2D eigenvalue weighted by Gasteiger charge is 2.10. The summed E-state index contributed by atoms with van der Waals surface area (Å²) in [5, 5.41) is 14.1. The number of hydrogen-bond donors (Lipinski definition) is 1. The van der Waals surface area contributed by atoms with Gasteiger partial charge >= 0.3 is 0 Å². The van der Waals surface area contributed by atoms with Crippen molar-refractivity contribution in [2.24, 2.45) is 0 Å². The third kappa shape index (κ3) is 3.48. The van der Waals surface area contributed by atoms with Gasteiger partial charge in [0.05, 0.1) is 18.1 Å². The Balaban J connectivity index is 2.12. The molecule has 0 aliphatic heterocycles. The van der Waals surface area contributed by atoms with Gasteiger partial charge in [0.1, 0.15) is 5.75 Å². The Labute approximate surface area is 121 Å². The third-order valence-electron chi connectivity index (χ3n) is 2.87. The van der Waals surface area contributed by atoms with Crippen molar-refractivity contribution in [3.63, 3.8) is 0 Å². The molecule has 106 valence electrons. The molecule has 1 heterocycles. The van der Waals surface area contributed by atoms with E-state index in [1.807, 2.05) is 0 Å². The van der Waals surface area contributed by atoms with E-state index in [0.717, 1.165) is 6.42 Å². The predicted molar refractivity (Wildman–Crippen MR) is 80.7 cm³/mol. The van der Waals surface area contributed by atoms with Gasteiger partial charge in [-0.15, -0.1) is 11.3 Å². The van der Waals surface area contributed by atoms with Crippen molar-refractivity contribution in [1.29, 1.82) is 0 Å². The summed E-state index contributed by atoms with van der Waals surface area (Å²) >= 11 is 1.74. The zero-order valence-corrected chi connectivity index (χ0v) is 12.2. The smallest absolute Gasteiger partial charge is 0.275 e. The van der Waals surface area contributed by atoms with E-state index < -0.39 is 4.92 Å². The summed E-state index contributed by atoms with van der Waals surface area (Å²) in [4.78, 5) is 13.0. The summed E-state index contributed by atoms with van der Waals surface area (Å²) in [5.74, 6) is 0.474. The minimum absolute atomic E-state index is 0.0206. The second-order valence-corrected chi connectivity index (χ2v) is 5.50. The van der Waals surface area contributed by atoms with Gasteiger partial charge in [0, 0.05) is 34.1 Å². The van der Waals surface area contributed by atoms with Gasteiger partial charge in [0.15, 0.2) is 0 Å². The number of rotatable bonds is 6. The summed E-state index contributed by atoms with van der Waals surface area (Å²) in [6.07, 6.45) is 1.02. The zero-order chi connectivity index (χ0) is 14.5. The van der Waals surface area contributed by atoms with Gasteiger partial charge in [-0.05, 0) is 18.6 Å². The van der Waals surface area contributed by atoms with Crippen LogP contribution in [0.3, 0.4) is 0 Å². The highest BCUT2D eigenvalue weighted by atomic mass is 32.1. The third-order valence-corrected chi connectivity index (χ3v) is 4.10. The average molecular weight is 292 g/mol. The van der Waals surface area contributed by atoms with Crippen molar-refractivity contribution in [2.75, 3.05) is 12.4 Å². The number of ether oxygens (including phenoxy) is 1. The topological polar surface area (TPSA) is 64.4 Å². The first-order valence-electron chi connectivity index (χ1n) is 6.27. The molecule has 1 N–H and O–H groups in total. The van der Waals surface area contributed by atoms with Crippen molar-refractivity contribution in [3.05, 3.63) is 50.2 Å². The molecule has 2 aromatic rings. The maximum Gasteiger partial charge on any atom is 0.275 e. The van der Waals surface area contributed by atoms with E-state index in [-0.39, 0.29) is 5.69 Å². The van der Waals surface area contributed by atoms with Crippen LogP contribution in [0.1, 0.15) is 16.7 Å². The fourth-order valence-electron chi connectivity index (χ4n) is 1.81. The zero-order valence-electron chi connectivity index (χ0n) is 11.4. The SMILES string of the molecule is CCc1ccc(CNc2cc(OC)cc([N+](=O)[O-])c2)s1. The van der Waals surface area contributed by atoms with Crippen LogP contribution < -0.4 is 10.1 Å². The Hall–Kier alpha value is -2.08. The molecule has 0 unspecified atom stereocenters. The Morgan fingerprint density at radius 2 is 2.05 bits per heavy atom. The standard InChI is InChI=1S/C14H16N2O3S/c1-3-13-4-5-14(20-13)9-15-10-6-11(16(17)18)8-12(7-10)19-2/h4-8,15H,3,9H2,1-2H3. The monoisotopic (exact) mass is 292 g/mol. The number of non-ortho nitro benzene ring substituents is 1. The molecule has 0 aliphatic carbocycles. The Bertz CT molecular complexity index is 610. The molecule has 0 bridgehead atoms. The van der Waals surface area contributed by atoms with Gasteiger partial charge in [-0.3, -0.25) is 10.1 Å². The number of methoxy groups -OCH3 is 1. The van der Waals surface area contributed by atoms with Crippen molar-refractivity contribution in [1.82, 2.24) is 0 Å². The minimum Gasteiger partial charge on any atom is -0.496 e. The van der Waals surface area contributed by atoms with E-state index in [9.17, 15) is 10.1 Å². The molecule has 20 heavy (non-hydrogen) atoms. The molecule has 0 saturated carbocycles. The second-order valence-electron chi connectivity index (χ2n) is 4.25. The minimum atomic E-state index is -0.423. The lowest BCUT2D eigenvalue weighted by molar-refractivity contribution is -0.384. The normalized spacial score (nSPS) is 10.3. The molecule has 1 aromatic heterocycles. The fourth-order valence-corrected chi connectivity index (χ4v) is 2.70. The second kappa shape index (κ2) is 6.38. The Kier molecular flexibility index (Phi) is 4.57. The number of nitro benzene ring substituents is 1. The summed E-state index contributed by atoms with van der Waals surface area (Å²) in [5.41, 5.74) is 0.703. The van der Waals surface area contributed by atoms with Crippen LogP contribution >= 0.6 is 11.3 Å². The summed E-state index contributed by atoms with van der Waals surface area (Å²) in [6.45, 7) is 2.77. The summed E-state index contributed by atoms with van der Waals surface area (Å²) in [7, 11) is 1.50. The van der Waals surface area contributed by atoms with Gasteiger partial charge < -0.3 is 10.1 Å². The van der Waals surface area contributed by atoms with E-state index in [1.54, 1.807) is 17.4 Å².